The summed E-state index contributed by atoms with van der Waals surface area (Å²) in [4.78, 5) is 11.6. The van der Waals surface area contributed by atoms with E-state index in [4.69, 9.17) is 4.74 Å². The first-order valence-electron chi connectivity index (χ1n) is 6.15. The molecule has 1 heterocycles. The predicted molar refractivity (Wildman–Crippen MR) is 73.9 cm³/mol. The molecule has 0 aromatic heterocycles. The first kappa shape index (κ1) is 11.9. The van der Waals surface area contributed by atoms with Gasteiger partial charge in [-0.1, -0.05) is 24.3 Å². The van der Waals surface area contributed by atoms with E-state index in [-0.39, 0.29) is 11.4 Å². The van der Waals surface area contributed by atoms with Crippen molar-refractivity contribution in [3.8, 4) is 5.75 Å². The van der Waals surface area contributed by atoms with Crippen LogP contribution in [0.5, 0.6) is 5.75 Å². The smallest absolute Gasteiger partial charge is 0.235 e. The molecule has 0 spiro atoms. The molecular formula is C16H14O3. The summed E-state index contributed by atoms with van der Waals surface area (Å²) in [6.45, 7) is 2.91. The van der Waals surface area contributed by atoms with Gasteiger partial charge in [0.25, 0.3) is 0 Å². The topological polar surface area (TPSA) is 46.5 Å². The van der Waals surface area contributed by atoms with Crippen LogP contribution >= 0.6 is 0 Å². The van der Waals surface area contributed by atoms with Crippen LogP contribution < -0.4 is 4.74 Å². The van der Waals surface area contributed by atoms with Crippen LogP contribution in [0.3, 0.4) is 0 Å². The summed E-state index contributed by atoms with van der Waals surface area (Å²) in [5.41, 5.74) is 1.09. The third kappa shape index (κ3) is 1.92. The van der Waals surface area contributed by atoms with E-state index in [1.807, 2.05) is 36.4 Å². The highest BCUT2D eigenvalue weighted by atomic mass is 16.6. The summed E-state index contributed by atoms with van der Waals surface area (Å²) < 4.78 is 5.57. The molecule has 1 aliphatic heterocycles. The first-order chi connectivity index (χ1) is 8.97. The van der Waals surface area contributed by atoms with Crippen LogP contribution in [-0.4, -0.2) is 16.7 Å². The fourth-order valence-electron chi connectivity index (χ4n) is 2.42. The van der Waals surface area contributed by atoms with Crippen molar-refractivity contribution < 1.29 is 14.6 Å². The first-order valence-corrected chi connectivity index (χ1v) is 6.15. The quantitative estimate of drug-likeness (QED) is 0.851. The Labute approximate surface area is 111 Å². The SMILES string of the molecule is CC(=O)C1=Cc2cc3ccccc3cc2OC1(C)O. The Hall–Kier alpha value is -2.13. The third-order valence-corrected chi connectivity index (χ3v) is 3.37. The van der Waals surface area contributed by atoms with E-state index in [0.29, 0.717) is 5.75 Å². The van der Waals surface area contributed by atoms with Gasteiger partial charge in [-0.05, 0) is 35.9 Å². The maximum Gasteiger partial charge on any atom is 0.235 e. The van der Waals surface area contributed by atoms with E-state index < -0.39 is 5.79 Å². The minimum Gasteiger partial charge on any atom is -0.458 e. The van der Waals surface area contributed by atoms with Gasteiger partial charge in [0.15, 0.2) is 5.78 Å². The Balaban J connectivity index is 2.25. The van der Waals surface area contributed by atoms with Gasteiger partial charge in [-0.25, -0.2) is 0 Å². The minimum absolute atomic E-state index is 0.191. The summed E-state index contributed by atoms with van der Waals surface area (Å²) in [6.07, 6.45) is 1.70. The number of Topliss-reactive ketones (excluding diaryl/α,β-unsaturated/α-hetero) is 1. The zero-order valence-electron chi connectivity index (χ0n) is 10.8. The lowest BCUT2D eigenvalue weighted by Gasteiger charge is -2.31. The molecule has 96 valence electrons. The molecule has 0 saturated carbocycles. The lowest BCUT2D eigenvalue weighted by molar-refractivity contribution is -0.125. The van der Waals surface area contributed by atoms with E-state index in [1.165, 1.54) is 13.8 Å². The summed E-state index contributed by atoms with van der Waals surface area (Å²) in [5, 5.41) is 12.3. The maximum absolute atomic E-state index is 11.6. The number of rotatable bonds is 1. The van der Waals surface area contributed by atoms with Crippen molar-refractivity contribution in [3.05, 3.63) is 47.5 Å². The number of hydrogen-bond acceptors (Lipinski definition) is 3. The minimum atomic E-state index is -1.57. The number of aliphatic hydroxyl groups is 1. The van der Waals surface area contributed by atoms with Crippen molar-refractivity contribution >= 4 is 22.6 Å². The highest BCUT2D eigenvalue weighted by Gasteiger charge is 2.35. The Morgan fingerprint density at radius 1 is 1.21 bits per heavy atom. The highest BCUT2D eigenvalue weighted by molar-refractivity contribution is 6.01. The summed E-state index contributed by atoms with van der Waals surface area (Å²) in [6, 6.07) is 11.7. The molecule has 1 aliphatic rings. The second-order valence-corrected chi connectivity index (χ2v) is 4.94. The average Bonchev–Trinajstić information content (AvgIpc) is 2.34. The maximum atomic E-state index is 11.6. The van der Waals surface area contributed by atoms with E-state index in [1.54, 1.807) is 6.08 Å². The van der Waals surface area contributed by atoms with Gasteiger partial charge in [0.1, 0.15) is 5.75 Å². The van der Waals surface area contributed by atoms with Crippen molar-refractivity contribution in [1.82, 2.24) is 0 Å². The monoisotopic (exact) mass is 254 g/mol. The normalized spacial score (nSPS) is 21.5. The van der Waals surface area contributed by atoms with Gasteiger partial charge < -0.3 is 9.84 Å². The molecule has 1 unspecified atom stereocenters. The molecular weight excluding hydrogens is 240 g/mol. The second kappa shape index (κ2) is 3.93. The van der Waals surface area contributed by atoms with E-state index >= 15 is 0 Å². The third-order valence-electron chi connectivity index (χ3n) is 3.37. The standard InChI is InChI=1S/C16H14O3/c1-10(17)14-8-13-7-11-5-3-4-6-12(11)9-15(13)19-16(14,2)18/h3-9,18H,1-2H3. The predicted octanol–water partition coefficient (Wildman–Crippen LogP) is 2.91. The molecule has 3 nitrogen and oxygen atoms in total. The summed E-state index contributed by atoms with van der Waals surface area (Å²) >= 11 is 0. The molecule has 3 heteroatoms. The Morgan fingerprint density at radius 2 is 1.84 bits per heavy atom. The average molecular weight is 254 g/mol. The number of carbonyl (C=O) groups is 1. The fraction of sp³-hybridized carbons (Fsp3) is 0.188. The van der Waals surface area contributed by atoms with Gasteiger partial charge in [-0.2, -0.15) is 0 Å². The second-order valence-electron chi connectivity index (χ2n) is 4.94. The van der Waals surface area contributed by atoms with Crippen LogP contribution in [0.15, 0.2) is 42.0 Å². The van der Waals surface area contributed by atoms with E-state index in [0.717, 1.165) is 16.3 Å². The van der Waals surface area contributed by atoms with Gasteiger partial charge >= 0.3 is 0 Å². The molecule has 3 rings (SSSR count). The Morgan fingerprint density at radius 3 is 2.47 bits per heavy atom. The molecule has 1 N–H and O–H groups in total. The van der Waals surface area contributed by atoms with Gasteiger partial charge in [-0.3, -0.25) is 4.79 Å². The Bertz CT molecular complexity index is 711. The number of carbonyl (C=O) groups excluding carboxylic acids is 1. The van der Waals surface area contributed by atoms with Crippen molar-refractivity contribution in [3.63, 3.8) is 0 Å². The summed E-state index contributed by atoms with van der Waals surface area (Å²) in [7, 11) is 0. The highest BCUT2D eigenvalue weighted by Crippen LogP contribution is 2.37. The lowest BCUT2D eigenvalue weighted by atomic mass is 9.95. The van der Waals surface area contributed by atoms with Crippen molar-refractivity contribution in [2.45, 2.75) is 19.6 Å². The molecule has 0 aliphatic carbocycles. The molecule has 2 aromatic carbocycles. The molecule has 0 radical (unpaired) electrons. The molecule has 0 bridgehead atoms. The fourth-order valence-corrected chi connectivity index (χ4v) is 2.42. The molecule has 2 aromatic rings. The largest absolute Gasteiger partial charge is 0.458 e. The van der Waals surface area contributed by atoms with E-state index in [9.17, 15) is 9.90 Å². The molecule has 19 heavy (non-hydrogen) atoms. The number of fused-ring (bicyclic) bond motifs is 2. The van der Waals surface area contributed by atoms with Crippen LogP contribution in [0.25, 0.3) is 16.8 Å². The molecule has 0 saturated heterocycles. The Kier molecular flexibility index (Phi) is 2.47. The number of benzene rings is 2. The van der Waals surface area contributed by atoms with Crippen LogP contribution in [-0.2, 0) is 4.79 Å². The van der Waals surface area contributed by atoms with Crippen LogP contribution in [0, 0.1) is 0 Å². The van der Waals surface area contributed by atoms with E-state index in [2.05, 4.69) is 0 Å². The lowest BCUT2D eigenvalue weighted by Crippen LogP contribution is -2.39. The van der Waals surface area contributed by atoms with Gasteiger partial charge in [0, 0.05) is 12.5 Å². The van der Waals surface area contributed by atoms with Gasteiger partial charge in [-0.15, -0.1) is 0 Å². The zero-order valence-corrected chi connectivity index (χ0v) is 10.8. The van der Waals surface area contributed by atoms with Crippen LogP contribution in [0.1, 0.15) is 19.4 Å². The van der Waals surface area contributed by atoms with Gasteiger partial charge in [0.05, 0.1) is 5.57 Å². The molecule has 0 fully saturated rings. The van der Waals surface area contributed by atoms with Crippen molar-refractivity contribution in [2.75, 3.05) is 0 Å². The molecule has 0 amide bonds. The summed E-state index contributed by atoms with van der Waals surface area (Å²) in [5.74, 6) is -1.17. The van der Waals surface area contributed by atoms with Crippen LogP contribution in [0.2, 0.25) is 0 Å². The number of ketones is 1. The van der Waals surface area contributed by atoms with Crippen molar-refractivity contribution in [1.29, 1.82) is 0 Å². The van der Waals surface area contributed by atoms with Crippen molar-refractivity contribution in [2.24, 2.45) is 0 Å². The number of ether oxygens (including phenoxy) is 1. The zero-order chi connectivity index (χ0) is 13.6. The van der Waals surface area contributed by atoms with Crippen LogP contribution in [0.4, 0.5) is 0 Å². The van der Waals surface area contributed by atoms with Gasteiger partial charge in [0.2, 0.25) is 5.79 Å². The molecule has 1 atom stereocenters. The number of hydrogen-bond donors (Lipinski definition) is 1.